The van der Waals surface area contributed by atoms with Crippen molar-refractivity contribution in [3.05, 3.63) is 29.6 Å². The molecule has 0 unspecified atom stereocenters. The van der Waals surface area contributed by atoms with Gasteiger partial charge in [-0.3, -0.25) is 9.78 Å². The van der Waals surface area contributed by atoms with Gasteiger partial charge >= 0.3 is 11.9 Å². The number of nitrogens with zero attached hydrogens (tertiary/aromatic N) is 1. The molecule has 1 aromatic rings. The van der Waals surface area contributed by atoms with Crippen LogP contribution in [-0.2, 0) is 16.0 Å². The minimum atomic E-state index is -1.01. The molecule has 1 rings (SSSR count). The number of esters is 1. The number of aromatic carboxylic acids is 1. The highest BCUT2D eigenvalue weighted by molar-refractivity contribution is 5.87. The molecule has 0 aliphatic heterocycles. The third kappa shape index (κ3) is 3.68. The second-order valence-electron chi connectivity index (χ2n) is 3.15. The first-order valence-electron chi connectivity index (χ1n) is 4.97. The predicted molar refractivity (Wildman–Crippen MR) is 56.2 cm³/mol. The summed E-state index contributed by atoms with van der Waals surface area (Å²) in [4.78, 5) is 25.5. The number of carbonyl (C=O) groups excluding carboxylic acids is 1. The summed E-state index contributed by atoms with van der Waals surface area (Å²) in [6.45, 7) is 2.11. The number of hydrogen-bond acceptors (Lipinski definition) is 4. The zero-order valence-corrected chi connectivity index (χ0v) is 8.97. The van der Waals surface area contributed by atoms with Gasteiger partial charge in [-0.25, -0.2) is 4.79 Å². The smallest absolute Gasteiger partial charge is 0.337 e. The van der Waals surface area contributed by atoms with Crippen LogP contribution in [0.4, 0.5) is 0 Å². The van der Waals surface area contributed by atoms with Crippen LogP contribution in [0.15, 0.2) is 18.3 Å². The number of aryl methyl sites for hydroxylation is 1. The van der Waals surface area contributed by atoms with Gasteiger partial charge in [0.2, 0.25) is 0 Å². The van der Waals surface area contributed by atoms with Crippen molar-refractivity contribution < 1.29 is 19.4 Å². The molecule has 0 aromatic carbocycles. The number of carboxylic acids is 1. The number of carboxylic acid groups (broad SMARTS) is 1. The fraction of sp³-hybridized carbons (Fsp3) is 0.364. The number of pyridine rings is 1. The average Bonchev–Trinajstić information content (AvgIpc) is 2.27. The first-order chi connectivity index (χ1) is 7.63. The van der Waals surface area contributed by atoms with Gasteiger partial charge in [0.25, 0.3) is 0 Å². The third-order valence-corrected chi connectivity index (χ3v) is 1.96. The van der Waals surface area contributed by atoms with Crippen LogP contribution in [0.5, 0.6) is 0 Å². The zero-order chi connectivity index (χ0) is 12.0. The molecule has 0 atom stereocenters. The Kier molecular flexibility index (Phi) is 4.44. The number of ether oxygens (including phenoxy) is 1. The summed E-state index contributed by atoms with van der Waals surface area (Å²) in [7, 11) is 0. The Bertz CT molecular complexity index is 372. The van der Waals surface area contributed by atoms with Crippen molar-refractivity contribution in [2.45, 2.75) is 19.8 Å². The van der Waals surface area contributed by atoms with E-state index in [4.69, 9.17) is 9.84 Å². The summed E-state index contributed by atoms with van der Waals surface area (Å²) in [5.74, 6) is -1.28. The molecule has 16 heavy (non-hydrogen) atoms. The second-order valence-corrected chi connectivity index (χ2v) is 3.15. The van der Waals surface area contributed by atoms with E-state index in [0.717, 1.165) is 0 Å². The van der Waals surface area contributed by atoms with Crippen LogP contribution < -0.4 is 0 Å². The summed E-state index contributed by atoms with van der Waals surface area (Å²) >= 11 is 0. The molecule has 0 bridgehead atoms. The van der Waals surface area contributed by atoms with Crippen LogP contribution in [0, 0.1) is 0 Å². The van der Waals surface area contributed by atoms with E-state index in [1.54, 1.807) is 13.0 Å². The van der Waals surface area contributed by atoms with E-state index >= 15 is 0 Å². The van der Waals surface area contributed by atoms with Crippen molar-refractivity contribution in [3.8, 4) is 0 Å². The van der Waals surface area contributed by atoms with E-state index in [1.807, 2.05) is 0 Å². The molecular weight excluding hydrogens is 210 g/mol. The van der Waals surface area contributed by atoms with Gasteiger partial charge in [-0.15, -0.1) is 0 Å². The Balaban J connectivity index is 2.49. The standard InChI is InChI=1S/C11H13NO4/c1-2-16-10(13)6-5-9-4-3-8(7-12-9)11(14)15/h3-4,7H,2,5-6H2,1H3,(H,14,15). The fourth-order valence-corrected chi connectivity index (χ4v) is 1.16. The molecular formula is C11H13NO4. The first-order valence-corrected chi connectivity index (χ1v) is 4.97. The van der Waals surface area contributed by atoms with Crippen molar-refractivity contribution >= 4 is 11.9 Å². The molecule has 0 aliphatic rings. The van der Waals surface area contributed by atoms with E-state index in [2.05, 4.69) is 4.98 Å². The Morgan fingerprint density at radius 3 is 2.69 bits per heavy atom. The van der Waals surface area contributed by atoms with Gasteiger partial charge in [-0.2, -0.15) is 0 Å². The van der Waals surface area contributed by atoms with Gasteiger partial charge < -0.3 is 9.84 Å². The largest absolute Gasteiger partial charge is 0.478 e. The molecule has 1 heterocycles. The minimum Gasteiger partial charge on any atom is -0.478 e. The molecule has 0 fully saturated rings. The summed E-state index contributed by atoms with van der Waals surface area (Å²) < 4.78 is 4.76. The van der Waals surface area contributed by atoms with Gasteiger partial charge in [0, 0.05) is 18.3 Å². The lowest BCUT2D eigenvalue weighted by molar-refractivity contribution is -0.143. The maximum Gasteiger partial charge on any atom is 0.337 e. The van der Waals surface area contributed by atoms with Gasteiger partial charge in [0.15, 0.2) is 0 Å². The Labute approximate surface area is 93.1 Å². The van der Waals surface area contributed by atoms with Crippen molar-refractivity contribution in [2.75, 3.05) is 6.61 Å². The molecule has 5 nitrogen and oxygen atoms in total. The highest BCUT2D eigenvalue weighted by atomic mass is 16.5. The molecule has 0 spiro atoms. The molecule has 0 amide bonds. The second kappa shape index (κ2) is 5.85. The van der Waals surface area contributed by atoms with E-state index in [9.17, 15) is 9.59 Å². The van der Waals surface area contributed by atoms with Crippen molar-refractivity contribution in [3.63, 3.8) is 0 Å². The van der Waals surface area contributed by atoms with Gasteiger partial charge in [-0.1, -0.05) is 0 Å². The fourth-order valence-electron chi connectivity index (χ4n) is 1.16. The van der Waals surface area contributed by atoms with E-state index in [1.165, 1.54) is 12.3 Å². The maximum absolute atomic E-state index is 11.0. The van der Waals surface area contributed by atoms with Crippen molar-refractivity contribution in [1.82, 2.24) is 4.98 Å². The molecule has 0 saturated heterocycles. The molecule has 0 aliphatic carbocycles. The van der Waals surface area contributed by atoms with Gasteiger partial charge in [-0.05, 0) is 19.1 Å². The lowest BCUT2D eigenvalue weighted by atomic mass is 10.2. The highest BCUT2D eigenvalue weighted by Gasteiger charge is 2.05. The summed E-state index contributed by atoms with van der Waals surface area (Å²) in [6, 6.07) is 3.07. The van der Waals surface area contributed by atoms with Crippen molar-refractivity contribution in [2.24, 2.45) is 0 Å². The highest BCUT2D eigenvalue weighted by Crippen LogP contribution is 2.03. The maximum atomic E-state index is 11.0. The normalized spacial score (nSPS) is 9.81. The number of carbonyl (C=O) groups is 2. The Morgan fingerprint density at radius 1 is 1.44 bits per heavy atom. The number of aromatic nitrogens is 1. The molecule has 1 N–H and O–H groups in total. The summed E-state index contributed by atoms with van der Waals surface area (Å²) in [6.07, 6.45) is 1.99. The van der Waals surface area contributed by atoms with Crippen LogP contribution in [-0.4, -0.2) is 28.6 Å². The van der Waals surface area contributed by atoms with E-state index in [-0.39, 0.29) is 18.0 Å². The monoisotopic (exact) mass is 223 g/mol. The SMILES string of the molecule is CCOC(=O)CCc1ccc(C(=O)O)cn1. The number of rotatable bonds is 5. The first kappa shape index (κ1) is 12.2. The molecule has 0 radical (unpaired) electrons. The van der Waals surface area contributed by atoms with Gasteiger partial charge in [0.05, 0.1) is 18.6 Å². The third-order valence-electron chi connectivity index (χ3n) is 1.96. The van der Waals surface area contributed by atoms with Crippen LogP contribution in [0.25, 0.3) is 0 Å². The van der Waals surface area contributed by atoms with E-state index in [0.29, 0.717) is 18.7 Å². The van der Waals surface area contributed by atoms with Crippen LogP contribution in [0.1, 0.15) is 29.4 Å². The predicted octanol–water partition coefficient (Wildman–Crippen LogP) is 1.28. The average molecular weight is 223 g/mol. The molecule has 5 heteroatoms. The Hall–Kier alpha value is -1.91. The quantitative estimate of drug-likeness (QED) is 0.761. The molecule has 1 aromatic heterocycles. The van der Waals surface area contributed by atoms with Gasteiger partial charge in [0.1, 0.15) is 0 Å². The topological polar surface area (TPSA) is 76.5 Å². The lowest BCUT2D eigenvalue weighted by Crippen LogP contribution is -2.06. The Morgan fingerprint density at radius 2 is 2.19 bits per heavy atom. The lowest BCUT2D eigenvalue weighted by Gasteiger charge is -2.01. The summed E-state index contributed by atoms with van der Waals surface area (Å²) in [5.41, 5.74) is 0.818. The van der Waals surface area contributed by atoms with Crippen LogP contribution in [0.3, 0.4) is 0 Å². The van der Waals surface area contributed by atoms with E-state index < -0.39 is 5.97 Å². The molecule has 0 saturated carbocycles. The van der Waals surface area contributed by atoms with Crippen molar-refractivity contribution in [1.29, 1.82) is 0 Å². The zero-order valence-electron chi connectivity index (χ0n) is 8.97. The number of hydrogen-bond donors (Lipinski definition) is 1. The van der Waals surface area contributed by atoms with Crippen LogP contribution in [0.2, 0.25) is 0 Å². The minimum absolute atomic E-state index is 0.139. The van der Waals surface area contributed by atoms with Crippen LogP contribution >= 0.6 is 0 Å². The molecule has 86 valence electrons. The summed E-state index contributed by atoms with van der Waals surface area (Å²) in [5, 5.41) is 8.65.